The Labute approximate surface area is 86.4 Å². The molecule has 13 heavy (non-hydrogen) atoms. The Balaban J connectivity index is 1.59. The van der Waals surface area contributed by atoms with E-state index in [0.29, 0.717) is 0 Å². The molecule has 0 unspecified atom stereocenters. The molecule has 1 saturated heterocycles. The van der Waals surface area contributed by atoms with E-state index < -0.39 is 0 Å². The predicted molar refractivity (Wildman–Crippen MR) is 57.2 cm³/mol. The molecule has 1 aliphatic heterocycles. The number of hydrogen-bond donors (Lipinski definition) is 0. The van der Waals surface area contributed by atoms with Crippen LogP contribution in [0.1, 0.15) is 32.1 Å². The first kappa shape index (κ1) is 9.79. The average Bonchev–Trinajstić information content (AvgIpc) is 2.99. The van der Waals surface area contributed by atoms with Crippen molar-refractivity contribution in [3.63, 3.8) is 0 Å². The summed E-state index contributed by atoms with van der Waals surface area (Å²) >= 11 is 5.85. The maximum Gasteiger partial charge on any atom is 0.0252 e. The van der Waals surface area contributed by atoms with Gasteiger partial charge < -0.3 is 4.90 Å². The summed E-state index contributed by atoms with van der Waals surface area (Å²) in [5.74, 6) is 2.76. The lowest BCUT2D eigenvalue weighted by atomic mass is 9.99. The summed E-state index contributed by atoms with van der Waals surface area (Å²) in [5.41, 5.74) is 0. The highest BCUT2D eigenvalue weighted by Crippen LogP contribution is 2.32. The number of rotatable bonds is 4. The van der Waals surface area contributed by atoms with Crippen molar-refractivity contribution in [1.82, 2.24) is 4.90 Å². The van der Waals surface area contributed by atoms with Crippen LogP contribution in [0.3, 0.4) is 0 Å². The van der Waals surface area contributed by atoms with Gasteiger partial charge in [-0.3, -0.25) is 0 Å². The van der Waals surface area contributed by atoms with E-state index in [1.165, 1.54) is 51.7 Å². The molecular weight excluding hydrogens is 182 g/mol. The number of nitrogens with zero attached hydrogens (tertiary/aromatic N) is 1. The second kappa shape index (κ2) is 4.65. The fourth-order valence-corrected chi connectivity index (χ4v) is 2.44. The highest BCUT2D eigenvalue weighted by molar-refractivity contribution is 6.18. The molecule has 0 radical (unpaired) electrons. The summed E-state index contributed by atoms with van der Waals surface area (Å²) in [4.78, 5) is 2.63. The van der Waals surface area contributed by atoms with Crippen LogP contribution in [0, 0.1) is 11.8 Å². The summed E-state index contributed by atoms with van der Waals surface area (Å²) in [6.45, 7) is 3.94. The molecule has 2 aliphatic rings. The van der Waals surface area contributed by atoms with Crippen LogP contribution >= 0.6 is 11.6 Å². The van der Waals surface area contributed by atoms with Gasteiger partial charge >= 0.3 is 0 Å². The van der Waals surface area contributed by atoms with Crippen molar-refractivity contribution in [2.45, 2.75) is 32.1 Å². The van der Waals surface area contributed by atoms with Crippen LogP contribution in [0.5, 0.6) is 0 Å². The SMILES string of the molecule is ClCC1CCN(CCC2CC2)CC1. The van der Waals surface area contributed by atoms with Crippen LogP contribution in [0.15, 0.2) is 0 Å². The second-order valence-corrected chi connectivity index (χ2v) is 4.98. The van der Waals surface area contributed by atoms with E-state index in [0.717, 1.165) is 17.7 Å². The molecular formula is C11H20ClN. The maximum absolute atomic E-state index is 5.85. The Morgan fingerprint density at radius 2 is 1.69 bits per heavy atom. The summed E-state index contributed by atoms with van der Waals surface area (Å²) in [5, 5.41) is 0. The minimum absolute atomic E-state index is 0.804. The molecule has 0 aromatic rings. The summed E-state index contributed by atoms with van der Waals surface area (Å²) in [6, 6.07) is 0. The van der Waals surface area contributed by atoms with Gasteiger partial charge in [-0.2, -0.15) is 0 Å². The van der Waals surface area contributed by atoms with E-state index in [4.69, 9.17) is 11.6 Å². The zero-order valence-corrected chi connectivity index (χ0v) is 9.10. The Bertz CT molecular complexity index is 148. The highest BCUT2D eigenvalue weighted by Gasteiger charge is 2.23. The number of alkyl halides is 1. The molecule has 0 aromatic carbocycles. The first-order valence-corrected chi connectivity index (χ1v) is 6.20. The fourth-order valence-electron chi connectivity index (χ4n) is 2.14. The zero-order chi connectivity index (χ0) is 9.10. The molecule has 2 rings (SSSR count). The third-order valence-corrected chi connectivity index (χ3v) is 3.91. The summed E-state index contributed by atoms with van der Waals surface area (Å²) in [7, 11) is 0. The molecule has 0 amide bonds. The van der Waals surface area contributed by atoms with Crippen LogP contribution in [0.4, 0.5) is 0 Å². The van der Waals surface area contributed by atoms with E-state index in [9.17, 15) is 0 Å². The number of hydrogen-bond acceptors (Lipinski definition) is 1. The summed E-state index contributed by atoms with van der Waals surface area (Å²) in [6.07, 6.45) is 7.10. The van der Waals surface area contributed by atoms with Crippen molar-refractivity contribution >= 4 is 11.6 Å². The van der Waals surface area contributed by atoms with Crippen molar-refractivity contribution in [1.29, 1.82) is 0 Å². The van der Waals surface area contributed by atoms with Crippen molar-refractivity contribution in [2.75, 3.05) is 25.5 Å². The van der Waals surface area contributed by atoms with Gasteiger partial charge in [0, 0.05) is 5.88 Å². The molecule has 0 bridgehead atoms. The summed E-state index contributed by atoms with van der Waals surface area (Å²) < 4.78 is 0. The predicted octanol–water partition coefficient (Wildman–Crippen LogP) is 2.74. The Morgan fingerprint density at radius 1 is 1.00 bits per heavy atom. The normalized spacial score (nSPS) is 26.5. The lowest BCUT2D eigenvalue weighted by Gasteiger charge is -2.30. The van der Waals surface area contributed by atoms with E-state index in [1.54, 1.807) is 0 Å². The Hall–Kier alpha value is 0.250. The van der Waals surface area contributed by atoms with Gasteiger partial charge in [-0.05, 0) is 50.7 Å². The van der Waals surface area contributed by atoms with Crippen LogP contribution in [0.2, 0.25) is 0 Å². The zero-order valence-electron chi connectivity index (χ0n) is 8.34. The van der Waals surface area contributed by atoms with E-state index in [-0.39, 0.29) is 0 Å². The van der Waals surface area contributed by atoms with E-state index >= 15 is 0 Å². The molecule has 76 valence electrons. The molecule has 2 fully saturated rings. The number of piperidine rings is 1. The lowest BCUT2D eigenvalue weighted by Crippen LogP contribution is -2.35. The topological polar surface area (TPSA) is 3.24 Å². The van der Waals surface area contributed by atoms with Crippen molar-refractivity contribution in [3.8, 4) is 0 Å². The molecule has 0 N–H and O–H groups in total. The highest BCUT2D eigenvalue weighted by atomic mass is 35.5. The van der Waals surface area contributed by atoms with Gasteiger partial charge in [0.25, 0.3) is 0 Å². The van der Waals surface area contributed by atoms with Crippen LogP contribution in [0.25, 0.3) is 0 Å². The van der Waals surface area contributed by atoms with Gasteiger partial charge in [-0.15, -0.1) is 11.6 Å². The fraction of sp³-hybridized carbons (Fsp3) is 1.00. The molecule has 0 atom stereocenters. The quantitative estimate of drug-likeness (QED) is 0.633. The van der Waals surface area contributed by atoms with Crippen LogP contribution in [-0.2, 0) is 0 Å². The largest absolute Gasteiger partial charge is 0.303 e. The van der Waals surface area contributed by atoms with Crippen molar-refractivity contribution in [3.05, 3.63) is 0 Å². The van der Waals surface area contributed by atoms with Crippen LogP contribution in [-0.4, -0.2) is 30.4 Å². The van der Waals surface area contributed by atoms with Gasteiger partial charge in [-0.1, -0.05) is 12.8 Å². The maximum atomic E-state index is 5.85. The van der Waals surface area contributed by atoms with Gasteiger partial charge in [0.1, 0.15) is 0 Å². The number of halogens is 1. The van der Waals surface area contributed by atoms with Gasteiger partial charge in [0.15, 0.2) is 0 Å². The van der Waals surface area contributed by atoms with E-state index in [2.05, 4.69) is 4.90 Å². The second-order valence-electron chi connectivity index (χ2n) is 4.67. The molecule has 2 heteroatoms. The molecule has 1 aliphatic carbocycles. The molecule has 1 saturated carbocycles. The monoisotopic (exact) mass is 201 g/mol. The van der Waals surface area contributed by atoms with Gasteiger partial charge in [-0.25, -0.2) is 0 Å². The Kier molecular flexibility index (Phi) is 3.51. The smallest absolute Gasteiger partial charge is 0.0252 e. The molecule has 1 heterocycles. The average molecular weight is 202 g/mol. The van der Waals surface area contributed by atoms with Crippen molar-refractivity contribution < 1.29 is 0 Å². The minimum atomic E-state index is 0.804. The van der Waals surface area contributed by atoms with Gasteiger partial charge in [0.05, 0.1) is 0 Å². The standard InChI is InChI=1S/C11H20ClN/c12-9-11-4-7-13(8-5-11)6-3-10-1-2-10/h10-11H,1-9H2. The Morgan fingerprint density at radius 3 is 2.23 bits per heavy atom. The first-order chi connectivity index (χ1) is 6.38. The third kappa shape index (κ3) is 3.14. The van der Waals surface area contributed by atoms with Crippen LogP contribution < -0.4 is 0 Å². The first-order valence-electron chi connectivity index (χ1n) is 5.67. The molecule has 1 nitrogen and oxygen atoms in total. The van der Waals surface area contributed by atoms with Crippen molar-refractivity contribution in [2.24, 2.45) is 11.8 Å². The minimum Gasteiger partial charge on any atom is -0.303 e. The van der Waals surface area contributed by atoms with Gasteiger partial charge in [0.2, 0.25) is 0 Å². The third-order valence-electron chi connectivity index (χ3n) is 3.48. The molecule has 0 aromatic heterocycles. The molecule has 0 spiro atoms. The number of likely N-dealkylation sites (tertiary alicyclic amines) is 1. The van der Waals surface area contributed by atoms with E-state index in [1.807, 2.05) is 0 Å². The lowest BCUT2D eigenvalue weighted by molar-refractivity contribution is 0.189.